The molecule has 0 radical (unpaired) electrons. The number of alkyl halides is 1. The van der Waals surface area contributed by atoms with Gasteiger partial charge in [-0.05, 0) is 37.6 Å². The van der Waals surface area contributed by atoms with Crippen molar-refractivity contribution in [3.05, 3.63) is 24.3 Å². The van der Waals surface area contributed by atoms with Gasteiger partial charge in [-0.1, -0.05) is 6.92 Å². The van der Waals surface area contributed by atoms with Crippen LogP contribution in [0.4, 0.5) is 0 Å². The Morgan fingerprint density at radius 1 is 1.05 bits per heavy atom. The van der Waals surface area contributed by atoms with Crippen LogP contribution in [0.2, 0.25) is 0 Å². The topological polar surface area (TPSA) is 68.3 Å². The van der Waals surface area contributed by atoms with E-state index in [1.54, 1.807) is 6.92 Å². The van der Waals surface area contributed by atoms with Crippen LogP contribution < -0.4 is 0 Å². The first-order valence-electron chi connectivity index (χ1n) is 5.88. The molecule has 4 nitrogen and oxygen atoms in total. The number of halogens is 1. The minimum absolute atomic E-state index is 0.00177. The van der Waals surface area contributed by atoms with Crippen LogP contribution in [0.15, 0.2) is 34.1 Å². The second-order valence-corrected chi connectivity index (χ2v) is 9.08. The highest BCUT2D eigenvalue weighted by atomic mass is 35.5. The van der Waals surface area contributed by atoms with Gasteiger partial charge in [0.1, 0.15) is 0 Å². The van der Waals surface area contributed by atoms with Gasteiger partial charge in [0.15, 0.2) is 19.7 Å². The van der Waals surface area contributed by atoms with Gasteiger partial charge in [-0.3, -0.25) is 0 Å². The molecule has 0 amide bonds. The van der Waals surface area contributed by atoms with E-state index in [9.17, 15) is 16.8 Å². The van der Waals surface area contributed by atoms with Crippen molar-refractivity contribution < 1.29 is 16.8 Å². The molecule has 0 aliphatic rings. The number of sulfone groups is 2. The molecule has 0 aliphatic carbocycles. The lowest BCUT2D eigenvalue weighted by molar-refractivity contribution is 0.586. The molecule has 0 bridgehead atoms. The summed E-state index contributed by atoms with van der Waals surface area (Å²) in [6.07, 6.45) is 0.520. The third-order valence-corrected chi connectivity index (χ3v) is 7.47. The maximum absolute atomic E-state index is 12.0. The maximum atomic E-state index is 12.0. The van der Waals surface area contributed by atoms with Crippen LogP contribution in [0.5, 0.6) is 0 Å². The van der Waals surface area contributed by atoms with Crippen molar-refractivity contribution in [2.75, 3.05) is 11.6 Å². The summed E-state index contributed by atoms with van der Waals surface area (Å²) in [5.41, 5.74) is 0. The molecule has 1 unspecified atom stereocenters. The summed E-state index contributed by atoms with van der Waals surface area (Å²) in [4.78, 5) is 0.239. The zero-order chi connectivity index (χ0) is 14.7. The fourth-order valence-electron chi connectivity index (χ4n) is 1.54. The summed E-state index contributed by atoms with van der Waals surface area (Å²) in [7, 11) is -6.81. The first-order valence-corrected chi connectivity index (χ1v) is 9.61. The van der Waals surface area contributed by atoms with Crippen LogP contribution >= 0.6 is 11.6 Å². The van der Waals surface area contributed by atoms with E-state index in [0.717, 1.165) is 0 Å². The van der Waals surface area contributed by atoms with E-state index in [2.05, 4.69) is 0 Å². The molecule has 0 aromatic heterocycles. The molecule has 0 N–H and O–H groups in total. The minimum atomic E-state index is -3.49. The second kappa shape index (κ2) is 6.24. The Balaban J connectivity index is 3.14. The van der Waals surface area contributed by atoms with Crippen molar-refractivity contribution in [2.24, 2.45) is 0 Å². The van der Waals surface area contributed by atoms with Crippen molar-refractivity contribution >= 4 is 31.3 Å². The molecule has 1 rings (SSSR count). The average Bonchev–Trinajstić information content (AvgIpc) is 2.37. The van der Waals surface area contributed by atoms with Crippen molar-refractivity contribution in [1.29, 1.82) is 0 Å². The molecule has 0 heterocycles. The highest BCUT2D eigenvalue weighted by molar-refractivity contribution is 7.92. The van der Waals surface area contributed by atoms with Crippen LogP contribution in [0.3, 0.4) is 0 Å². The largest absolute Gasteiger partial charge is 0.224 e. The Hall–Kier alpha value is -0.590. The molecular formula is C12H17ClO4S2. The molecule has 108 valence electrons. The zero-order valence-corrected chi connectivity index (χ0v) is 13.2. The monoisotopic (exact) mass is 324 g/mol. The number of hydrogen-bond donors (Lipinski definition) is 0. The van der Waals surface area contributed by atoms with E-state index < -0.39 is 24.9 Å². The van der Waals surface area contributed by atoms with Gasteiger partial charge in [0.2, 0.25) is 0 Å². The van der Waals surface area contributed by atoms with Gasteiger partial charge in [0, 0.05) is 5.88 Å². The molecule has 7 heteroatoms. The summed E-state index contributed by atoms with van der Waals surface area (Å²) in [6.45, 7) is 3.29. The van der Waals surface area contributed by atoms with E-state index in [0.29, 0.717) is 6.42 Å². The van der Waals surface area contributed by atoms with Crippen LogP contribution in [-0.4, -0.2) is 33.7 Å². The molecule has 1 aromatic carbocycles. The van der Waals surface area contributed by atoms with Crippen molar-refractivity contribution in [2.45, 2.75) is 35.3 Å². The Bertz CT molecular complexity index is 618. The Morgan fingerprint density at radius 3 is 1.95 bits per heavy atom. The lowest BCUT2D eigenvalue weighted by Gasteiger charge is -2.10. The highest BCUT2D eigenvalue weighted by Gasteiger charge is 2.23. The fraction of sp³-hybridized carbons (Fsp3) is 0.500. The quantitative estimate of drug-likeness (QED) is 0.753. The summed E-state index contributed by atoms with van der Waals surface area (Å²) >= 11 is 5.56. The first-order chi connectivity index (χ1) is 8.75. The molecule has 0 saturated heterocycles. The van der Waals surface area contributed by atoms with E-state index >= 15 is 0 Å². The third-order valence-electron chi connectivity index (χ3n) is 2.73. The first kappa shape index (κ1) is 16.5. The van der Waals surface area contributed by atoms with Gasteiger partial charge in [-0.25, -0.2) is 16.8 Å². The zero-order valence-electron chi connectivity index (χ0n) is 10.8. The summed E-state index contributed by atoms with van der Waals surface area (Å²) in [5.74, 6) is 0.0510. The Morgan fingerprint density at radius 2 is 1.53 bits per heavy atom. The summed E-state index contributed by atoms with van der Waals surface area (Å²) in [6, 6.07) is 5.31. The summed E-state index contributed by atoms with van der Waals surface area (Å²) in [5, 5.41) is -0.702. The Kier molecular flexibility index (Phi) is 5.41. The molecule has 19 heavy (non-hydrogen) atoms. The smallest absolute Gasteiger partial charge is 0.182 e. The van der Waals surface area contributed by atoms with Gasteiger partial charge < -0.3 is 0 Å². The predicted molar refractivity (Wildman–Crippen MR) is 76.2 cm³/mol. The lowest BCUT2D eigenvalue weighted by atomic mass is 10.4. The second-order valence-electron chi connectivity index (χ2n) is 4.30. The van der Waals surface area contributed by atoms with Gasteiger partial charge in [-0.2, -0.15) is 0 Å². The van der Waals surface area contributed by atoms with Crippen LogP contribution in [0.25, 0.3) is 0 Å². The van der Waals surface area contributed by atoms with E-state index in [1.807, 2.05) is 0 Å². The SMILES string of the molecule is CCCS(=O)(=O)c1ccc(S(=O)(=O)C(C)CCl)cc1. The molecule has 0 aliphatic heterocycles. The van der Waals surface area contributed by atoms with E-state index in [-0.39, 0.29) is 21.4 Å². The van der Waals surface area contributed by atoms with E-state index in [1.165, 1.54) is 31.2 Å². The molecule has 1 aromatic rings. The van der Waals surface area contributed by atoms with Crippen LogP contribution in [0.1, 0.15) is 20.3 Å². The molecule has 0 saturated carbocycles. The van der Waals surface area contributed by atoms with Gasteiger partial charge in [-0.15, -0.1) is 11.6 Å². The van der Waals surface area contributed by atoms with Crippen molar-refractivity contribution in [3.8, 4) is 0 Å². The van der Waals surface area contributed by atoms with Gasteiger partial charge in [0.25, 0.3) is 0 Å². The predicted octanol–water partition coefficient (Wildman–Crippen LogP) is 2.27. The molecular weight excluding hydrogens is 308 g/mol. The maximum Gasteiger partial charge on any atom is 0.182 e. The van der Waals surface area contributed by atoms with Gasteiger partial charge in [0.05, 0.1) is 20.8 Å². The third kappa shape index (κ3) is 3.70. The van der Waals surface area contributed by atoms with Crippen LogP contribution in [0, 0.1) is 0 Å². The minimum Gasteiger partial charge on any atom is -0.224 e. The molecule has 1 atom stereocenters. The standard InChI is InChI=1S/C12H17ClO4S2/c1-3-8-18(14,15)11-4-6-12(7-5-11)19(16,17)10(2)9-13/h4-7,10H,3,8-9H2,1-2H3. The van der Waals surface area contributed by atoms with Crippen LogP contribution in [-0.2, 0) is 19.7 Å². The molecule has 0 spiro atoms. The van der Waals surface area contributed by atoms with Gasteiger partial charge >= 0.3 is 0 Å². The Labute approximate surface area is 119 Å². The van der Waals surface area contributed by atoms with E-state index in [4.69, 9.17) is 11.6 Å². The number of rotatable bonds is 6. The highest BCUT2D eigenvalue weighted by Crippen LogP contribution is 2.20. The number of benzene rings is 1. The fourth-order valence-corrected chi connectivity index (χ4v) is 4.51. The normalized spacial score (nSPS) is 14.3. The van der Waals surface area contributed by atoms with Crippen molar-refractivity contribution in [1.82, 2.24) is 0 Å². The lowest BCUT2D eigenvalue weighted by Crippen LogP contribution is -2.19. The van der Waals surface area contributed by atoms with Crippen molar-refractivity contribution in [3.63, 3.8) is 0 Å². The number of hydrogen-bond acceptors (Lipinski definition) is 4. The summed E-state index contributed by atoms with van der Waals surface area (Å²) < 4.78 is 47.7. The molecule has 0 fully saturated rings. The average molecular weight is 325 g/mol.